The first-order valence-electron chi connectivity index (χ1n) is 5.64. The predicted molar refractivity (Wildman–Crippen MR) is 76.0 cm³/mol. The minimum atomic E-state index is -3.98. The molecule has 0 saturated heterocycles. The number of hydrogen-bond donors (Lipinski definition) is 2. The number of nitrogens with zero attached hydrogens (tertiary/aromatic N) is 2. The van der Waals surface area contributed by atoms with Gasteiger partial charge in [0.2, 0.25) is 0 Å². The number of aryl methyl sites for hydroxylation is 1. The Hall–Kier alpha value is -2.19. The van der Waals surface area contributed by atoms with Crippen molar-refractivity contribution in [2.45, 2.75) is 11.8 Å². The molecule has 7 nitrogen and oxygen atoms in total. The first-order chi connectivity index (χ1) is 9.79. The molecule has 0 saturated carbocycles. The number of carboxylic acid groups (broad SMARTS) is 1. The standard InChI is InChI=1S/C12H10ClN3O4S/c1-7-2-3-8(12(17)18)4-9(7)21(19,20)16-11-5-10(13)14-6-15-11/h2-6H,1H3,(H,17,18)(H,14,15,16). The zero-order chi connectivity index (χ0) is 15.6. The minimum Gasteiger partial charge on any atom is -0.478 e. The summed E-state index contributed by atoms with van der Waals surface area (Å²) in [6.07, 6.45) is 1.11. The Balaban J connectivity index is 2.44. The maximum atomic E-state index is 12.3. The van der Waals surface area contributed by atoms with Crippen LogP contribution in [-0.2, 0) is 10.0 Å². The Bertz CT molecular complexity index is 808. The van der Waals surface area contributed by atoms with Gasteiger partial charge in [-0.05, 0) is 24.6 Å². The molecule has 0 bridgehead atoms. The number of hydrogen-bond acceptors (Lipinski definition) is 5. The lowest BCUT2D eigenvalue weighted by molar-refractivity contribution is 0.0696. The summed E-state index contributed by atoms with van der Waals surface area (Å²) in [4.78, 5) is 18.2. The van der Waals surface area contributed by atoms with E-state index in [9.17, 15) is 13.2 Å². The Morgan fingerprint density at radius 1 is 1.29 bits per heavy atom. The first-order valence-corrected chi connectivity index (χ1v) is 7.50. The summed E-state index contributed by atoms with van der Waals surface area (Å²) in [6.45, 7) is 1.56. The first kappa shape index (κ1) is 15.2. The van der Waals surface area contributed by atoms with Crippen LogP contribution in [0, 0.1) is 6.92 Å². The second kappa shape index (κ2) is 5.66. The van der Waals surface area contributed by atoms with Crippen LogP contribution in [0.3, 0.4) is 0 Å². The van der Waals surface area contributed by atoms with Crippen LogP contribution in [-0.4, -0.2) is 29.5 Å². The van der Waals surface area contributed by atoms with Gasteiger partial charge in [-0.1, -0.05) is 17.7 Å². The number of anilines is 1. The molecule has 1 aromatic heterocycles. The number of carboxylic acids is 1. The molecule has 0 atom stereocenters. The maximum absolute atomic E-state index is 12.3. The summed E-state index contributed by atoms with van der Waals surface area (Å²) >= 11 is 5.65. The zero-order valence-electron chi connectivity index (χ0n) is 10.7. The van der Waals surface area contributed by atoms with E-state index in [4.69, 9.17) is 16.7 Å². The van der Waals surface area contributed by atoms with Crippen molar-refractivity contribution in [2.75, 3.05) is 4.72 Å². The number of rotatable bonds is 4. The van der Waals surface area contributed by atoms with Crippen LogP contribution >= 0.6 is 11.6 Å². The second-order valence-electron chi connectivity index (χ2n) is 4.12. The molecule has 1 heterocycles. The third kappa shape index (κ3) is 3.47. The molecule has 21 heavy (non-hydrogen) atoms. The second-order valence-corrected chi connectivity index (χ2v) is 6.15. The number of aromatic carboxylic acids is 1. The molecule has 0 aliphatic heterocycles. The van der Waals surface area contributed by atoms with E-state index in [1.54, 1.807) is 6.92 Å². The fourth-order valence-corrected chi connectivity index (χ4v) is 3.02. The van der Waals surface area contributed by atoms with Gasteiger partial charge >= 0.3 is 5.97 Å². The molecule has 0 aliphatic carbocycles. The van der Waals surface area contributed by atoms with E-state index in [0.29, 0.717) is 5.56 Å². The highest BCUT2D eigenvalue weighted by atomic mass is 35.5. The highest BCUT2D eigenvalue weighted by Gasteiger charge is 2.19. The minimum absolute atomic E-state index is 0.00451. The van der Waals surface area contributed by atoms with Crippen molar-refractivity contribution in [2.24, 2.45) is 0 Å². The third-order valence-electron chi connectivity index (χ3n) is 2.60. The average Bonchev–Trinajstić information content (AvgIpc) is 2.38. The zero-order valence-corrected chi connectivity index (χ0v) is 12.3. The van der Waals surface area contributed by atoms with Crippen LogP contribution in [0.4, 0.5) is 5.82 Å². The summed E-state index contributed by atoms with van der Waals surface area (Å²) in [5, 5.41) is 9.02. The van der Waals surface area contributed by atoms with E-state index in [1.165, 1.54) is 18.2 Å². The Kier molecular flexibility index (Phi) is 4.10. The number of benzene rings is 1. The van der Waals surface area contributed by atoms with E-state index in [-0.39, 0.29) is 21.4 Å². The van der Waals surface area contributed by atoms with Crippen LogP contribution in [0.15, 0.2) is 35.5 Å². The SMILES string of the molecule is Cc1ccc(C(=O)O)cc1S(=O)(=O)Nc1cc(Cl)ncn1. The summed E-state index contributed by atoms with van der Waals surface area (Å²) in [5.41, 5.74) is 0.286. The number of aromatic nitrogens is 2. The van der Waals surface area contributed by atoms with Crippen LogP contribution < -0.4 is 4.72 Å². The van der Waals surface area contributed by atoms with Crippen molar-refractivity contribution in [3.05, 3.63) is 46.9 Å². The maximum Gasteiger partial charge on any atom is 0.335 e. The molecule has 0 spiro atoms. The summed E-state index contributed by atoms with van der Waals surface area (Å²) in [6, 6.07) is 5.08. The Labute approximate surface area is 125 Å². The van der Waals surface area contributed by atoms with Gasteiger partial charge in [-0.2, -0.15) is 0 Å². The smallest absolute Gasteiger partial charge is 0.335 e. The van der Waals surface area contributed by atoms with Crippen molar-refractivity contribution in [3.8, 4) is 0 Å². The van der Waals surface area contributed by atoms with Gasteiger partial charge in [0.15, 0.2) is 0 Å². The van der Waals surface area contributed by atoms with E-state index in [1.807, 2.05) is 0 Å². The van der Waals surface area contributed by atoms with Crippen molar-refractivity contribution in [3.63, 3.8) is 0 Å². The lowest BCUT2D eigenvalue weighted by atomic mass is 10.1. The Morgan fingerprint density at radius 3 is 2.62 bits per heavy atom. The fourth-order valence-electron chi connectivity index (χ4n) is 1.60. The normalized spacial score (nSPS) is 11.1. The average molecular weight is 328 g/mol. The monoisotopic (exact) mass is 327 g/mol. The Morgan fingerprint density at radius 2 is 2.00 bits per heavy atom. The van der Waals surface area contributed by atoms with Gasteiger partial charge in [-0.15, -0.1) is 0 Å². The summed E-state index contributed by atoms with van der Waals surface area (Å²) in [5.74, 6) is -1.22. The molecular formula is C12H10ClN3O4S. The van der Waals surface area contributed by atoms with Gasteiger partial charge in [0.1, 0.15) is 17.3 Å². The summed E-state index contributed by atoms with van der Waals surface area (Å²) < 4.78 is 26.8. The van der Waals surface area contributed by atoms with E-state index >= 15 is 0 Å². The lowest BCUT2D eigenvalue weighted by Gasteiger charge is -2.10. The van der Waals surface area contributed by atoms with Crippen LogP contribution in [0.25, 0.3) is 0 Å². The predicted octanol–water partition coefficient (Wildman–Crippen LogP) is 1.94. The number of sulfonamides is 1. The number of halogens is 1. The van der Waals surface area contributed by atoms with Crippen molar-refractivity contribution in [1.82, 2.24) is 9.97 Å². The van der Waals surface area contributed by atoms with E-state index in [0.717, 1.165) is 12.4 Å². The highest BCUT2D eigenvalue weighted by molar-refractivity contribution is 7.92. The molecular weight excluding hydrogens is 318 g/mol. The largest absolute Gasteiger partial charge is 0.478 e. The number of nitrogens with one attached hydrogen (secondary N) is 1. The van der Waals surface area contributed by atoms with Gasteiger partial charge in [0.25, 0.3) is 10.0 Å². The molecule has 2 rings (SSSR count). The van der Waals surface area contributed by atoms with Crippen LogP contribution in [0.2, 0.25) is 5.15 Å². The van der Waals surface area contributed by atoms with Crippen molar-refractivity contribution < 1.29 is 18.3 Å². The molecule has 0 radical (unpaired) electrons. The van der Waals surface area contributed by atoms with Crippen LogP contribution in [0.5, 0.6) is 0 Å². The molecule has 110 valence electrons. The van der Waals surface area contributed by atoms with Gasteiger partial charge < -0.3 is 5.11 Å². The lowest BCUT2D eigenvalue weighted by Crippen LogP contribution is -2.16. The third-order valence-corrected chi connectivity index (χ3v) is 4.30. The van der Waals surface area contributed by atoms with Crippen molar-refractivity contribution >= 4 is 33.4 Å². The van der Waals surface area contributed by atoms with E-state index < -0.39 is 16.0 Å². The molecule has 0 amide bonds. The van der Waals surface area contributed by atoms with Crippen molar-refractivity contribution in [1.29, 1.82) is 0 Å². The quantitative estimate of drug-likeness (QED) is 0.830. The molecule has 9 heteroatoms. The molecule has 0 fully saturated rings. The topological polar surface area (TPSA) is 109 Å². The van der Waals surface area contributed by atoms with Crippen LogP contribution in [0.1, 0.15) is 15.9 Å². The van der Waals surface area contributed by atoms with Gasteiger partial charge in [-0.3, -0.25) is 4.72 Å². The van der Waals surface area contributed by atoms with Gasteiger partial charge in [-0.25, -0.2) is 23.2 Å². The van der Waals surface area contributed by atoms with Gasteiger partial charge in [0.05, 0.1) is 10.5 Å². The summed E-state index contributed by atoms with van der Waals surface area (Å²) in [7, 11) is -3.98. The molecule has 0 aliphatic rings. The van der Waals surface area contributed by atoms with Gasteiger partial charge in [0, 0.05) is 6.07 Å². The molecule has 0 unspecified atom stereocenters. The fraction of sp³-hybridized carbons (Fsp3) is 0.0833. The molecule has 2 N–H and O–H groups in total. The number of carbonyl (C=O) groups is 1. The highest BCUT2D eigenvalue weighted by Crippen LogP contribution is 2.20. The molecule has 1 aromatic carbocycles. The molecule has 2 aromatic rings. The van der Waals surface area contributed by atoms with E-state index in [2.05, 4.69) is 14.7 Å².